The van der Waals surface area contributed by atoms with Gasteiger partial charge in [0.25, 0.3) is 9.05 Å². The Morgan fingerprint density at radius 2 is 1.22 bits per heavy atom. The van der Waals surface area contributed by atoms with Crippen LogP contribution in [-0.2, 0) is 62.0 Å². The number of halogens is 1. The molecule has 320 valence electrons. The van der Waals surface area contributed by atoms with Crippen LogP contribution in [0.5, 0.6) is 0 Å². The summed E-state index contributed by atoms with van der Waals surface area (Å²) in [5, 5.41) is 0. The van der Waals surface area contributed by atoms with Crippen LogP contribution in [0.1, 0.15) is 98.6 Å². The average Bonchev–Trinajstić information content (AvgIpc) is 3.74. The first kappa shape index (κ1) is 44.5. The van der Waals surface area contributed by atoms with E-state index < -0.39 is 25.0 Å². The van der Waals surface area contributed by atoms with Crippen LogP contribution in [0.3, 0.4) is 0 Å². The van der Waals surface area contributed by atoms with E-state index >= 15 is 0 Å². The number of aromatic nitrogens is 4. The van der Waals surface area contributed by atoms with Crippen molar-refractivity contribution >= 4 is 57.8 Å². The number of esters is 1. The fourth-order valence-electron chi connectivity index (χ4n) is 8.18. The van der Waals surface area contributed by atoms with Gasteiger partial charge in [0.15, 0.2) is 0 Å². The summed E-state index contributed by atoms with van der Waals surface area (Å²) >= 11 is 0. The lowest BCUT2D eigenvalue weighted by Gasteiger charge is -2.30. The molecule has 0 aliphatic carbocycles. The van der Waals surface area contributed by atoms with E-state index in [9.17, 15) is 21.6 Å². The third-order valence-electron chi connectivity index (χ3n) is 11.3. The zero-order valence-electron chi connectivity index (χ0n) is 35.0. The summed E-state index contributed by atoms with van der Waals surface area (Å²) in [7, 11) is -2.02. The zero-order valence-corrected chi connectivity index (χ0v) is 37.4. The van der Waals surface area contributed by atoms with Gasteiger partial charge in [0, 0.05) is 74.1 Å². The van der Waals surface area contributed by atoms with E-state index in [1.165, 1.54) is 4.31 Å². The predicted molar refractivity (Wildman–Crippen MR) is 225 cm³/mol. The van der Waals surface area contributed by atoms with E-state index in [2.05, 4.69) is 50.7 Å². The smallest absolute Gasteiger partial charge is 0.310 e. The number of carbonyl (C=O) groups excluding carboxylic acids is 1. The molecule has 2 aromatic heterocycles. The number of hydrogen-bond donors (Lipinski definition) is 0. The Kier molecular flexibility index (Phi) is 13.7. The summed E-state index contributed by atoms with van der Waals surface area (Å²) in [6.45, 7) is 20.3. The second-order valence-corrected chi connectivity index (χ2v) is 22.4. The third kappa shape index (κ3) is 10.3. The van der Waals surface area contributed by atoms with Crippen molar-refractivity contribution in [3.8, 4) is 0 Å². The molecule has 2 aromatic carbocycles. The molecule has 5 heterocycles. The molecule has 3 aliphatic rings. The molecule has 16 heteroatoms. The van der Waals surface area contributed by atoms with Gasteiger partial charge < -0.3 is 23.3 Å². The van der Waals surface area contributed by atoms with Gasteiger partial charge in [-0.15, -0.1) is 0 Å². The molecule has 0 N–H and O–H groups in total. The van der Waals surface area contributed by atoms with Crippen LogP contribution in [0.2, 0.25) is 0 Å². The minimum atomic E-state index is -3.75. The number of benzene rings is 2. The molecule has 0 bridgehead atoms. The fourth-order valence-corrected chi connectivity index (χ4v) is 10.5. The highest BCUT2D eigenvalue weighted by atomic mass is 35.7. The number of sulfonamides is 1. The standard InChI is InChI=1S/C25H37N3O5S.C17H23ClN2O3S/c1-5-33-23(29)19-7-6-12-27(17-19)34(30,31)20-8-9-22-21(15-20)26-24(25(2,3)4)28(22)16-18-10-13-32-14-11-18;1-17(2,3)16-19-14-10-13(24(18,21)22)4-5-15(14)20(16)11-12-6-8-23-9-7-12/h8-9,15,18-19H,5-7,10-14,16-17H2,1-4H3;4-5,10,12H,6-9,11H2,1-3H3/t19-;/m1./s1. The molecule has 13 nitrogen and oxygen atoms in total. The van der Waals surface area contributed by atoms with Gasteiger partial charge in [0.1, 0.15) is 11.6 Å². The van der Waals surface area contributed by atoms with Crippen LogP contribution < -0.4 is 0 Å². The van der Waals surface area contributed by atoms with Crippen LogP contribution in [-0.4, -0.2) is 92.3 Å². The Hall–Kier alpha value is -3.08. The first-order valence-corrected chi connectivity index (χ1v) is 24.3. The number of nitrogens with zero attached hydrogens (tertiary/aromatic N) is 5. The Morgan fingerprint density at radius 1 is 0.759 bits per heavy atom. The van der Waals surface area contributed by atoms with Gasteiger partial charge >= 0.3 is 5.97 Å². The number of ether oxygens (including phenoxy) is 3. The van der Waals surface area contributed by atoms with E-state index in [4.69, 9.17) is 34.9 Å². The summed E-state index contributed by atoms with van der Waals surface area (Å²) < 4.78 is 72.2. The van der Waals surface area contributed by atoms with Crippen LogP contribution in [0.25, 0.3) is 22.1 Å². The zero-order chi connectivity index (χ0) is 42.0. The summed E-state index contributed by atoms with van der Waals surface area (Å²) in [5.41, 5.74) is 2.97. The van der Waals surface area contributed by atoms with Crippen LogP contribution in [0.15, 0.2) is 46.2 Å². The van der Waals surface area contributed by atoms with Crippen molar-refractivity contribution < 1.29 is 35.8 Å². The lowest BCUT2D eigenvalue weighted by Crippen LogP contribution is -2.42. The molecule has 0 saturated carbocycles. The predicted octanol–water partition coefficient (Wildman–Crippen LogP) is 7.41. The molecular formula is C42H60ClN5O8S2. The van der Waals surface area contributed by atoms with Gasteiger partial charge in [0.2, 0.25) is 10.0 Å². The van der Waals surface area contributed by atoms with Crippen molar-refractivity contribution in [2.24, 2.45) is 17.8 Å². The molecule has 7 rings (SSSR count). The Balaban J connectivity index is 0.000000208. The van der Waals surface area contributed by atoms with E-state index in [0.29, 0.717) is 48.9 Å². The summed E-state index contributed by atoms with van der Waals surface area (Å²) in [6.07, 6.45) is 5.40. The maximum absolute atomic E-state index is 13.5. The summed E-state index contributed by atoms with van der Waals surface area (Å²) in [5.74, 6) is 2.26. The first-order chi connectivity index (χ1) is 27.3. The highest BCUT2D eigenvalue weighted by Gasteiger charge is 2.35. The van der Waals surface area contributed by atoms with E-state index in [-0.39, 0.29) is 33.1 Å². The van der Waals surface area contributed by atoms with Crippen molar-refractivity contribution in [3.63, 3.8) is 0 Å². The summed E-state index contributed by atoms with van der Waals surface area (Å²) in [4.78, 5) is 22.2. The third-order valence-corrected chi connectivity index (χ3v) is 14.5. The van der Waals surface area contributed by atoms with Crippen molar-refractivity contribution in [3.05, 3.63) is 48.0 Å². The van der Waals surface area contributed by atoms with Gasteiger partial charge in [-0.2, -0.15) is 4.31 Å². The Bertz CT molecular complexity index is 2300. The molecule has 3 saturated heterocycles. The van der Waals surface area contributed by atoms with Crippen molar-refractivity contribution in [2.75, 3.05) is 46.1 Å². The van der Waals surface area contributed by atoms with E-state index in [1.807, 2.05) is 12.1 Å². The quantitative estimate of drug-likeness (QED) is 0.123. The topological polar surface area (TPSA) is 152 Å². The minimum Gasteiger partial charge on any atom is -0.466 e. The van der Waals surface area contributed by atoms with Gasteiger partial charge in [-0.25, -0.2) is 26.8 Å². The molecule has 0 amide bonds. The molecule has 0 spiro atoms. The maximum atomic E-state index is 13.5. The highest BCUT2D eigenvalue weighted by Crippen LogP contribution is 2.33. The average molecular weight is 863 g/mol. The first-order valence-electron chi connectivity index (χ1n) is 20.6. The largest absolute Gasteiger partial charge is 0.466 e. The molecule has 58 heavy (non-hydrogen) atoms. The van der Waals surface area contributed by atoms with Gasteiger partial charge in [-0.1, -0.05) is 41.5 Å². The molecular weight excluding hydrogens is 802 g/mol. The van der Waals surface area contributed by atoms with Crippen molar-refractivity contribution in [1.82, 2.24) is 23.4 Å². The van der Waals surface area contributed by atoms with Crippen LogP contribution in [0.4, 0.5) is 0 Å². The van der Waals surface area contributed by atoms with E-state index in [1.54, 1.807) is 31.2 Å². The summed E-state index contributed by atoms with van der Waals surface area (Å²) in [6, 6.07) is 10.2. The highest BCUT2D eigenvalue weighted by molar-refractivity contribution is 8.13. The van der Waals surface area contributed by atoms with Gasteiger partial charge in [-0.3, -0.25) is 4.79 Å². The lowest BCUT2D eigenvalue weighted by molar-refractivity contribution is -0.149. The monoisotopic (exact) mass is 861 g/mol. The molecule has 4 aromatic rings. The van der Waals surface area contributed by atoms with E-state index in [0.717, 1.165) is 87.9 Å². The normalized spacial score (nSPS) is 19.6. The SMILES string of the molecule is CC(C)(C)c1nc2cc(S(=O)(=O)Cl)ccc2n1CC1CCOCC1.CCOC(=O)[C@@H]1CCCN(S(=O)(=O)c2ccc3c(c2)nc(C(C)(C)C)n3CC2CCOCC2)C1. The second-order valence-electron chi connectivity index (χ2n) is 17.9. The fraction of sp³-hybridized carbons (Fsp3) is 0.643. The molecule has 3 aliphatic heterocycles. The number of fused-ring (bicyclic) bond motifs is 2. The number of imidazole rings is 2. The molecule has 0 unspecified atom stereocenters. The minimum absolute atomic E-state index is 0.0906. The Morgan fingerprint density at radius 3 is 1.67 bits per heavy atom. The van der Waals surface area contributed by atoms with Crippen molar-refractivity contribution in [1.29, 1.82) is 0 Å². The Labute approximate surface area is 348 Å². The van der Waals surface area contributed by atoms with Crippen molar-refractivity contribution in [2.45, 2.75) is 121 Å². The molecule has 3 fully saturated rings. The molecule has 0 radical (unpaired) electrons. The van der Waals surface area contributed by atoms with Gasteiger partial charge in [0.05, 0.1) is 44.4 Å². The molecule has 1 atom stereocenters. The number of rotatable bonds is 9. The second kappa shape index (κ2) is 17.9. The number of carbonyl (C=O) groups is 1. The van der Waals surface area contributed by atoms with Crippen LogP contribution >= 0.6 is 10.7 Å². The number of hydrogen-bond acceptors (Lipinski definition) is 10. The number of piperidine rings is 1. The lowest BCUT2D eigenvalue weighted by atomic mass is 9.94. The van der Waals surface area contributed by atoms with Gasteiger partial charge in [-0.05, 0) is 93.7 Å². The van der Waals surface area contributed by atoms with Crippen LogP contribution in [0, 0.1) is 17.8 Å². The maximum Gasteiger partial charge on any atom is 0.310 e.